The largest absolute Gasteiger partial charge is 0.372 e. The second-order valence-electron chi connectivity index (χ2n) is 6.54. The predicted octanol–water partition coefficient (Wildman–Crippen LogP) is 1.38. The Balaban J connectivity index is 0.00000161. The topological polar surface area (TPSA) is 58.6 Å². The second-order valence-corrected chi connectivity index (χ2v) is 8.55. The van der Waals surface area contributed by atoms with E-state index in [2.05, 4.69) is 5.32 Å². The molecule has 1 saturated carbocycles. The maximum Gasteiger partial charge on any atom is 0.214 e. The average Bonchev–Trinajstić information content (AvgIpc) is 2.92. The highest BCUT2D eigenvalue weighted by molar-refractivity contribution is 7.89. The summed E-state index contributed by atoms with van der Waals surface area (Å²) in [6.45, 7) is 3.76. The standard InChI is InChI=1S/C14H26N2O3S.ClH/c17-20(18,11-13-3-1-2-4-13)16-8-5-14(6-9-16)12-15-7-10-19-14;/h13,15H,1-12H2;1H. The van der Waals surface area contributed by atoms with Gasteiger partial charge in [-0.25, -0.2) is 12.7 Å². The summed E-state index contributed by atoms with van der Waals surface area (Å²) in [4.78, 5) is 0. The summed E-state index contributed by atoms with van der Waals surface area (Å²) in [5.41, 5.74) is -0.113. The number of nitrogens with zero attached hydrogens (tertiary/aromatic N) is 1. The van der Waals surface area contributed by atoms with E-state index in [1.807, 2.05) is 0 Å². The summed E-state index contributed by atoms with van der Waals surface area (Å²) in [6, 6.07) is 0. The highest BCUT2D eigenvalue weighted by Gasteiger charge is 2.40. The van der Waals surface area contributed by atoms with Crippen LogP contribution in [0.3, 0.4) is 0 Å². The van der Waals surface area contributed by atoms with Gasteiger partial charge in [0.05, 0.1) is 18.0 Å². The van der Waals surface area contributed by atoms with E-state index in [-0.39, 0.29) is 18.0 Å². The number of ether oxygens (including phenoxy) is 1. The van der Waals surface area contributed by atoms with Crippen molar-refractivity contribution in [3.63, 3.8) is 0 Å². The monoisotopic (exact) mass is 338 g/mol. The van der Waals surface area contributed by atoms with Gasteiger partial charge in [-0.15, -0.1) is 12.4 Å². The molecule has 3 fully saturated rings. The minimum absolute atomic E-state index is 0. The first-order chi connectivity index (χ1) is 9.60. The molecule has 0 aromatic carbocycles. The fourth-order valence-electron chi connectivity index (χ4n) is 3.78. The quantitative estimate of drug-likeness (QED) is 0.844. The molecule has 21 heavy (non-hydrogen) atoms. The Kier molecular flexibility index (Phi) is 5.93. The van der Waals surface area contributed by atoms with Crippen LogP contribution < -0.4 is 5.32 Å². The Morgan fingerprint density at radius 1 is 1.19 bits per heavy atom. The van der Waals surface area contributed by atoms with Crippen molar-refractivity contribution in [2.24, 2.45) is 5.92 Å². The minimum Gasteiger partial charge on any atom is -0.372 e. The molecule has 0 bridgehead atoms. The van der Waals surface area contributed by atoms with Crippen molar-refractivity contribution in [2.45, 2.75) is 44.1 Å². The molecule has 0 aromatic rings. The van der Waals surface area contributed by atoms with Crippen LogP contribution in [0.5, 0.6) is 0 Å². The lowest BCUT2D eigenvalue weighted by Crippen LogP contribution is -2.56. The zero-order valence-corrected chi connectivity index (χ0v) is 14.2. The zero-order chi connectivity index (χ0) is 14.1. The number of rotatable bonds is 3. The van der Waals surface area contributed by atoms with Crippen molar-refractivity contribution in [2.75, 3.05) is 38.5 Å². The molecule has 0 atom stereocenters. The lowest BCUT2D eigenvalue weighted by molar-refractivity contribution is -0.0915. The van der Waals surface area contributed by atoms with Crippen LogP contribution >= 0.6 is 12.4 Å². The maximum atomic E-state index is 12.5. The number of hydrogen-bond donors (Lipinski definition) is 1. The zero-order valence-electron chi connectivity index (χ0n) is 12.6. The van der Waals surface area contributed by atoms with Crippen LogP contribution in [0.1, 0.15) is 38.5 Å². The normalized spacial score (nSPS) is 27.6. The van der Waals surface area contributed by atoms with Gasteiger partial charge >= 0.3 is 0 Å². The van der Waals surface area contributed by atoms with Crippen molar-refractivity contribution < 1.29 is 13.2 Å². The number of halogens is 1. The van der Waals surface area contributed by atoms with Gasteiger partial charge in [-0.05, 0) is 31.6 Å². The molecule has 1 spiro atoms. The minimum atomic E-state index is -3.06. The van der Waals surface area contributed by atoms with Crippen LogP contribution in [-0.2, 0) is 14.8 Å². The van der Waals surface area contributed by atoms with E-state index in [1.165, 1.54) is 12.8 Å². The molecule has 3 rings (SSSR count). The molecule has 2 aliphatic heterocycles. The molecular formula is C14H27ClN2O3S. The number of sulfonamides is 1. The van der Waals surface area contributed by atoms with Crippen molar-refractivity contribution in [3.8, 4) is 0 Å². The molecule has 1 N–H and O–H groups in total. The van der Waals surface area contributed by atoms with E-state index in [9.17, 15) is 8.42 Å². The van der Waals surface area contributed by atoms with Crippen LogP contribution in [-0.4, -0.2) is 56.9 Å². The van der Waals surface area contributed by atoms with Gasteiger partial charge in [0.1, 0.15) is 0 Å². The van der Waals surface area contributed by atoms with Crippen molar-refractivity contribution in [3.05, 3.63) is 0 Å². The van der Waals surface area contributed by atoms with Gasteiger partial charge in [0.25, 0.3) is 0 Å². The molecule has 124 valence electrons. The number of nitrogens with one attached hydrogen (secondary N) is 1. The molecule has 5 nitrogen and oxygen atoms in total. The number of piperidine rings is 1. The van der Waals surface area contributed by atoms with Gasteiger partial charge < -0.3 is 10.1 Å². The first kappa shape index (κ1) is 17.5. The van der Waals surface area contributed by atoms with Gasteiger partial charge in [-0.1, -0.05) is 12.8 Å². The molecular weight excluding hydrogens is 312 g/mol. The van der Waals surface area contributed by atoms with Crippen LogP contribution in [0, 0.1) is 5.92 Å². The average molecular weight is 339 g/mol. The highest BCUT2D eigenvalue weighted by Crippen LogP contribution is 2.31. The van der Waals surface area contributed by atoms with Gasteiger partial charge in [0, 0.05) is 26.2 Å². The molecule has 0 aromatic heterocycles. The van der Waals surface area contributed by atoms with E-state index < -0.39 is 10.0 Å². The summed E-state index contributed by atoms with van der Waals surface area (Å²) in [6.07, 6.45) is 6.22. The number of hydrogen-bond acceptors (Lipinski definition) is 4. The lowest BCUT2D eigenvalue weighted by Gasteiger charge is -2.43. The molecule has 2 saturated heterocycles. The fourth-order valence-corrected chi connectivity index (χ4v) is 5.66. The maximum absolute atomic E-state index is 12.5. The van der Waals surface area contributed by atoms with Crippen LogP contribution in [0.25, 0.3) is 0 Å². The summed E-state index contributed by atoms with van der Waals surface area (Å²) >= 11 is 0. The van der Waals surface area contributed by atoms with Crippen molar-refractivity contribution in [1.82, 2.24) is 9.62 Å². The summed E-state index contributed by atoms with van der Waals surface area (Å²) < 4.78 is 32.6. The third kappa shape index (κ3) is 4.10. The summed E-state index contributed by atoms with van der Waals surface area (Å²) in [7, 11) is -3.06. The van der Waals surface area contributed by atoms with Crippen LogP contribution in [0.15, 0.2) is 0 Å². The summed E-state index contributed by atoms with van der Waals surface area (Å²) in [5.74, 6) is 0.752. The Hall–Kier alpha value is 0.120. The second kappa shape index (κ2) is 7.13. The Morgan fingerprint density at radius 2 is 1.86 bits per heavy atom. The van der Waals surface area contributed by atoms with E-state index in [4.69, 9.17) is 4.74 Å². The summed E-state index contributed by atoms with van der Waals surface area (Å²) in [5, 5.41) is 3.36. The van der Waals surface area contributed by atoms with E-state index in [0.717, 1.165) is 45.4 Å². The first-order valence-corrected chi connectivity index (χ1v) is 9.53. The SMILES string of the molecule is Cl.O=S(=O)(CC1CCCC1)N1CCC2(CC1)CNCCO2. The third-order valence-electron chi connectivity index (χ3n) is 5.08. The highest BCUT2D eigenvalue weighted by atomic mass is 35.5. The van der Waals surface area contributed by atoms with Crippen LogP contribution in [0.2, 0.25) is 0 Å². The molecule has 2 heterocycles. The lowest BCUT2D eigenvalue weighted by atomic mass is 9.91. The smallest absolute Gasteiger partial charge is 0.214 e. The fraction of sp³-hybridized carbons (Fsp3) is 1.00. The Bertz CT molecular complexity index is 422. The van der Waals surface area contributed by atoms with Gasteiger partial charge in [-0.3, -0.25) is 0 Å². The third-order valence-corrected chi connectivity index (χ3v) is 7.13. The predicted molar refractivity (Wildman–Crippen MR) is 85.4 cm³/mol. The Labute approximate surface area is 134 Å². The van der Waals surface area contributed by atoms with Gasteiger partial charge in [-0.2, -0.15) is 0 Å². The molecule has 0 radical (unpaired) electrons. The van der Waals surface area contributed by atoms with Crippen molar-refractivity contribution in [1.29, 1.82) is 0 Å². The molecule has 0 amide bonds. The van der Waals surface area contributed by atoms with Crippen LogP contribution in [0.4, 0.5) is 0 Å². The first-order valence-electron chi connectivity index (χ1n) is 7.92. The van der Waals surface area contributed by atoms with Crippen molar-refractivity contribution >= 4 is 22.4 Å². The van der Waals surface area contributed by atoms with E-state index >= 15 is 0 Å². The van der Waals surface area contributed by atoms with Gasteiger partial charge in [0.15, 0.2) is 0 Å². The molecule has 0 unspecified atom stereocenters. The van der Waals surface area contributed by atoms with E-state index in [0.29, 0.717) is 24.8 Å². The van der Waals surface area contributed by atoms with Gasteiger partial charge in [0.2, 0.25) is 10.0 Å². The molecule has 7 heteroatoms. The molecule has 1 aliphatic carbocycles. The molecule has 3 aliphatic rings. The van der Waals surface area contributed by atoms with E-state index in [1.54, 1.807) is 4.31 Å². The Morgan fingerprint density at radius 3 is 2.43 bits per heavy atom. The number of morpholine rings is 1.